The fourth-order valence-electron chi connectivity index (χ4n) is 4.96. The highest BCUT2D eigenvalue weighted by Gasteiger charge is 2.11. The summed E-state index contributed by atoms with van der Waals surface area (Å²) in [5, 5.41) is 15.7. The molecule has 0 saturated heterocycles. The average molecular weight is 501 g/mol. The molecule has 0 atom stereocenters. The van der Waals surface area contributed by atoms with Crippen LogP contribution in [0.15, 0.2) is 85.6 Å². The number of hydrogen-bond acceptors (Lipinski definition) is 7. The van der Waals surface area contributed by atoms with Gasteiger partial charge in [0.25, 0.3) is 0 Å². The van der Waals surface area contributed by atoms with Gasteiger partial charge in [-0.2, -0.15) is 5.10 Å². The quantitative estimate of drug-likeness (QED) is 0.255. The third kappa shape index (κ3) is 4.48. The van der Waals surface area contributed by atoms with Crippen LogP contribution in [0.1, 0.15) is 22.3 Å². The van der Waals surface area contributed by atoms with E-state index in [4.69, 9.17) is 5.73 Å². The third-order valence-corrected chi connectivity index (χ3v) is 6.97. The van der Waals surface area contributed by atoms with Crippen molar-refractivity contribution in [1.82, 2.24) is 24.7 Å². The van der Waals surface area contributed by atoms with Crippen molar-refractivity contribution in [3.05, 3.63) is 108 Å². The lowest BCUT2D eigenvalue weighted by Crippen LogP contribution is -2.08. The normalized spacial score (nSPS) is 11.2. The zero-order chi connectivity index (χ0) is 26.1. The number of nitrogens with two attached hydrogens (primary N) is 1. The summed E-state index contributed by atoms with van der Waals surface area (Å²) < 4.78 is 1.89. The molecule has 8 nitrogen and oxygen atoms in total. The van der Waals surface area contributed by atoms with E-state index in [0.29, 0.717) is 18.9 Å². The molecule has 6 aromatic rings. The molecule has 0 saturated carbocycles. The molecular weight excluding hydrogens is 472 g/mol. The van der Waals surface area contributed by atoms with Crippen LogP contribution in [0.4, 0.5) is 17.5 Å². The monoisotopic (exact) mass is 500 g/mol. The number of aryl methyl sites for hydroxylation is 2. The molecule has 0 aliphatic rings. The number of nitrogen functional groups attached to an aromatic ring is 1. The molecule has 0 bridgehead atoms. The highest BCUT2D eigenvalue weighted by atomic mass is 15.3. The van der Waals surface area contributed by atoms with Crippen LogP contribution in [0.5, 0.6) is 0 Å². The van der Waals surface area contributed by atoms with Gasteiger partial charge in [-0.3, -0.25) is 0 Å². The fraction of sp³-hybridized carbons (Fsp3) is 0.133. The molecule has 0 aliphatic carbocycles. The minimum absolute atomic E-state index is 0.560. The summed E-state index contributed by atoms with van der Waals surface area (Å²) in [7, 11) is 0. The van der Waals surface area contributed by atoms with E-state index in [-0.39, 0.29) is 0 Å². The molecule has 3 heterocycles. The first kappa shape index (κ1) is 23.4. The molecule has 188 valence electrons. The summed E-state index contributed by atoms with van der Waals surface area (Å²) in [6.07, 6.45) is 7.09. The van der Waals surface area contributed by atoms with Gasteiger partial charge < -0.3 is 16.4 Å². The number of hydrogen-bond donors (Lipinski definition) is 3. The summed E-state index contributed by atoms with van der Waals surface area (Å²) >= 11 is 0. The van der Waals surface area contributed by atoms with Crippen molar-refractivity contribution >= 4 is 39.0 Å². The Balaban J connectivity index is 1.16. The van der Waals surface area contributed by atoms with E-state index in [2.05, 4.69) is 87.0 Å². The molecule has 0 aliphatic heterocycles. The first-order chi connectivity index (χ1) is 18.6. The fourth-order valence-corrected chi connectivity index (χ4v) is 4.96. The van der Waals surface area contributed by atoms with Gasteiger partial charge in [-0.1, -0.05) is 24.3 Å². The van der Waals surface area contributed by atoms with Gasteiger partial charge in [0.2, 0.25) is 0 Å². The highest BCUT2D eigenvalue weighted by molar-refractivity contribution is 5.94. The number of pyridine rings is 1. The van der Waals surface area contributed by atoms with Crippen LogP contribution in [0, 0.1) is 13.8 Å². The number of fused-ring (bicyclic) bond motifs is 2. The predicted molar refractivity (Wildman–Crippen MR) is 153 cm³/mol. The summed E-state index contributed by atoms with van der Waals surface area (Å²) in [5.74, 6) is 2.08. The van der Waals surface area contributed by atoms with Gasteiger partial charge in [0.1, 0.15) is 23.8 Å². The van der Waals surface area contributed by atoms with Gasteiger partial charge >= 0.3 is 0 Å². The summed E-state index contributed by atoms with van der Waals surface area (Å²) in [6.45, 7) is 5.52. The number of rotatable bonds is 7. The molecular formula is C30H28N8. The number of benzene rings is 3. The van der Waals surface area contributed by atoms with Crippen molar-refractivity contribution in [2.24, 2.45) is 0 Å². The van der Waals surface area contributed by atoms with E-state index in [1.165, 1.54) is 27.6 Å². The molecule has 8 heteroatoms. The van der Waals surface area contributed by atoms with Crippen molar-refractivity contribution in [1.29, 1.82) is 0 Å². The highest BCUT2D eigenvalue weighted by Crippen LogP contribution is 2.28. The Kier molecular flexibility index (Phi) is 6.05. The predicted octanol–water partition coefficient (Wildman–Crippen LogP) is 5.79. The molecule has 6 rings (SSSR count). The maximum Gasteiger partial charge on any atom is 0.131 e. The lowest BCUT2D eigenvalue weighted by molar-refractivity contribution is 0.888. The van der Waals surface area contributed by atoms with E-state index >= 15 is 0 Å². The van der Waals surface area contributed by atoms with Gasteiger partial charge in [-0.15, -0.1) is 0 Å². The van der Waals surface area contributed by atoms with Gasteiger partial charge in [0.05, 0.1) is 5.69 Å². The average Bonchev–Trinajstić information content (AvgIpc) is 3.47. The summed E-state index contributed by atoms with van der Waals surface area (Å²) in [5.41, 5.74) is 11.9. The Morgan fingerprint density at radius 3 is 2.45 bits per heavy atom. The van der Waals surface area contributed by atoms with E-state index in [1.54, 1.807) is 18.7 Å². The first-order valence-electron chi connectivity index (χ1n) is 12.5. The van der Waals surface area contributed by atoms with Gasteiger partial charge in [-0.05, 0) is 77.2 Å². The SMILES string of the molecule is Cc1cc2c(N)nccc2c(C)c1CNc1cc(NCc2ccc3c(-n4cccn4)cccc3c2)ncn1. The number of anilines is 3. The van der Waals surface area contributed by atoms with Gasteiger partial charge in [0.15, 0.2) is 0 Å². The molecule has 0 fully saturated rings. The Hall–Kier alpha value is -4.98. The zero-order valence-corrected chi connectivity index (χ0v) is 21.3. The van der Waals surface area contributed by atoms with Gasteiger partial charge in [0, 0.05) is 48.5 Å². The molecule has 3 aromatic heterocycles. The standard InChI is InChI=1S/C30H28N8/c1-19-13-25-23(9-11-32-30(25)31)20(2)26(19)17-34-29-15-28(35-18-36-29)33-16-21-7-8-24-22(14-21)5-3-6-27(24)38-12-4-10-37-38/h3-15,18H,16-17H2,1-2H3,(H2,31,32)(H2,33,34,35,36). The molecule has 0 radical (unpaired) electrons. The lowest BCUT2D eigenvalue weighted by atomic mass is 9.96. The van der Waals surface area contributed by atoms with Gasteiger partial charge in [-0.25, -0.2) is 19.6 Å². The van der Waals surface area contributed by atoms with Crippen molar-refractivity contribution in [2.75, 3.05) is 16.4 Å². The summed E-state index contributed by atoms with van der Waals surface area (Å²) in [6, 6.07) is 20.7. The zero-order valence-electron chi connectivity index (χ0n) is 21.3. The van der Waals surface area contributed by atoms with Crippen LogP contribution in [0.3, 0.4) is 0 Å². The molecule has 38 heavy (non-hydrogen) atoms. The minimum atomic E-state index is 0.560. The molecule has 0 spiro atoms. The van der Waals surface area contributed by atoms with Crippen molar-refractivity contribution in [3.8, 4) is 5.69 Å². The topological polar surface area (TPSA) is 107 Å². The smallest absolute Gasteiger partial charge is 0.131 e. The Labute approximate surface area is 220 Å². The van der Waals surface area contributed by atoms with Crippen LogP contribution in [-0.2, 0) is 13.1 Å². The Bertz CT molecular complexity index is 1760. The van der Waals surface area contributed by atoms with Crippen LogP contribution in [-0.4, -0.2) is 24.7 Å². The second-order valence-corrected chi connectivity index (χ2v) is 9.37. The van der Waals surface area contributed by atoms with Crippen LogP contribution >= 0.6 is 0 Å². The van der Waals surface area contributed by atoms with Crippen LogP contribution < -0.4 is 16.4 Å². The van der Waals surface area contributed by atoms with E-state index in [9.17, 15) is 0 Å². The molecule has 4 N–H and O–H groups in total. The van der Waals surface area contributed by atoms with E-state index in [0.717, 1.165) is 33.5 Å². The Morgan fingerprint density at radius 1 is 0.789 bits per heavy atom. The molecule has 0 amide bonds. The third-order valence-electron chi connectivity index (χ3n) is 6.97. The lowest BCUT2D eigenvalue weighted by Gasteiger charge is -2.15. The maximum atomic E-state index is 6.10. The second-order valence-electron chi connectivity index (χ2n) is 9.37. The van der Waals surface area contributed by atoms with Crippen LogP contribution in [0.2, 0.25) is 0 Å². The molecule has 3 aromatic carbocycles. The van der Waals surface area contributed by atoms with E-state index < -0.39 is 0 Å². The van der Waals surface area contributed by atoms with E-state index in [1.807, 2.05) is 29.1 Å². The van der Waals surface area contributed by atoms with Crippen LogP contribution in [0.25, 0.3) is 27.2 Å². The minimum Gasteiger partial charge on any atom is -0.383 e. The number of nitrogens with one attached hydrogen (secondary N) is 2. The second kappa shape index (κ2) is 9.82. The maximum absolute atomic E-state index is 6.10. The largest absolute Gasteiger partial charge is 0.383 e. The first-order valence-corrected chi connectivity index (χ1v) is 12.5. The Morgan fingerprint density at radius 2 is 1.63 bits per heavy atom. The molecule has 0 unspecified atom stereocenters. The van der Waals surface area contributed by atoms with Crippen molar-refractivity contribution in [2.45, 2.75) is 26.9 Å². The van der Waals surface area contributed by atoms with Crippen molar-refractivity contribution < 1.29 is 0 Å². The van der Waals surface area contributed by atoms with Crippen molar-refractivity contribution in [3.63, 3.8) is 0 Å². The summed E-state index contributed by atoms with van der Waals surface area (Å²) in [4.78, 5) is 13.1. The number of nitrogens with zero attached hydrogens (tertiary/aromatic N) is 5. The number of aromatic nitrogens is 5.